The van der Waals surface area contributed by atoms with Gasteiger partial charge in [-0.15, -0.1) is 4.91 Å². The molecule has 0 aromatic heterocycles. The molecular weight excluding hydrogens is 156 g/mol. The summed E-state index contributed by atoms with van der Waals surface area (Å²) in [5, 5.41) is 2.63. The molecule has 4 nitrogen and oxygen atoms in total. The van der Waals surface area contributed by atoms with E-state index < -0.39 is 11.9 Å². The van der Waals surface area contributed by atoms with E-state index in [0.717, 1.165) is 0 Å². The summed E-state index contributed by atoms with van der Waals surface area (Å²) >= 11 is 0. The molecule has 0 saturated carbocycles. The van der Waals surface area contributed by atoms with Crippen LogP contribution in [0.25, 0.3) is 0 Å². The Labute approximate surface area is 69.4 Å². The molecule has 0 bridgehead atoms. The van der Waals surface area contributed by atoms with Crippen LogP contribution in [0.3, 0.4) is 0 Å². The molecule has 12 heavy (non-hydrogen) atoms. The van der Waals surface area contributed by atoms with Crippen LogP contribution in [0.2, 0.25) is 0 Å². The number of amides is 1. The van der Waals surface area contributed by atoms with Crippen molar-refractivity contribution in [3.8, 4) is 0 Å². The average Bonchev–Trinajstić information content (AvgIpc) is 2.07. The van der Waals surface area contributed by atoms with E-state index in [-0.39, 0.29) is 0 Å². The van der Waals surface area contributed by atoms with Crippen molar-refractivity contribution >= 4 is 5.91 Å². The van der Waals surface area contributed by atoms with Gasteiger partial charge in [-0.05, 0) is 5.56 Å². The summed E-state index contributed by atoms with van der Waals surface area (Å²) in [4.78, 5) is 20.9. The molecule has 0 spiro atoms. The molecule has 2 N–H and O–H groups in total. The summed E-state index contributed by atoms with van der Waals surface area (Å²) < 4.78 is 0. The largest absolute Gasteiger partial charge is 0.367 e. The number of nitrogens with two attached hydrogens (primary N) is 1. The van der Waals surface area contributed by atoms with E-state index in [2.05, 4.69) is 5.18 Å². The first-order chi connectivity index (χ1) is 5.75. The van der Waals surface area contributed by atoms with Gasteiger partial charge in [-0.2, -0.15) is 0 Å². The SMILES string of the molecule is NC(=O)C(N=O)c1ccccc1. The highest BCUT2D eigenvalue weighted by molar-refractivity contribution is 5.81. The zero-order chi connectivity index (χ0) is 8.97. The standard InChI is InChI=1S/C8H8N2O2/c9-8(11)7(10-12)6-4-2-1-3-5-6/h1-5,7H,(H2,9,11). The third kappa shape index (κ3) is 1.66. The molecule has 1 aromatic rings. The van der Waals surface area contributed by atoms with Gasteiger partial charge in [-0.1, -0.05) is 35.5 Å². The van der Waals surface area contributed by atoms with Crippen molar-refractivity contribution in [3.05, 3.63) is 40.8 Å². The van der Waals surface area contributed by atoms with E-state index in [1.165, 1.54) is 0 Å². The Bertz CT molecular complexity index is 284. The van der Waals surface area contributed by atoms with E-state index in [4.69, 9.17) is 5.73 Å². The monoisotopic (exact) mass is 164 g/mol. The van der Waals surface area contributed by atoms with Gasteiger partial charge in [0.2, 0.25) is 0 Å². The predicted molar refractivity (Wildman–Crippen MR) is 44.2 cm³/mol. The fraction of sp³-hybridized carbons (Fsp3) is 0.125. The maximum atomic E-state index is 10.7. The molecule has 4 heteroatoms. The number of nitroso groups, excluding NO2 is 1. The minimum atomic E-state index is -1.06. The van der Waals surface area contributed by atoms with Gasteiger partial charge >= 0.3 is 0 Å². The number of primary amides is 1. The van der Waals surface area contributed by atoms with Crippen molar-refractivity contribution in [2.24, 2.45) is 10.9 Å². The molecule has 0 aliphatic rings. The quantitative estimate of drug-likeness (QED) is 0.676. The van der Waals surface area contributed by atoms with Gasteiger partial charge in [-0.25, -0.2) is 0 Å². The van der Waals surface area contributed by atoms with Crippen LogP contribution in [-0.4, -0.2) is 5.91 Å². The minimum absolute atomic E-state index is 0.528. The smallest absolute Gasteiger partial charge is 0.250 e. The van der Waals surface area contributed by atoms with Crippen LogP contribution in [0.4, 0.5) is 0 Å². The lowest BCUT2D eigenvalue weighted by Gasteiger charge is -2.02. The highest BCUT2D eigenvalue weighted by Crippen LogP contribution is 2.15. The second-order valence-corrected chi connectivity index (χ2v) is 2.32. The highest BCUT2D eigenvalue weighted by atomic mass is 16.3. The Kier molecular flexibility index (Phi) is 2.53. The van der Waals surface area contributed by atoms with Crippen molar-refractivity contribution in [3.63, 3.8) is 0 Å². The number of carbonyl (C=O) groups excluding carboxylic acids is 1. The average molecular weight is 164 g/mol. The van der Waals surface area contributed by atoms with Crippen LogP contribution >= 0.6 is 0 Å². The first-order valence-corrected chi connectivity index (χ1v) is 3.42. The Balaban J connectivity index is 2.95. The topological polar surface area (TPSA) is 72.5 Å². The fourth-order valence-electron chi connectivity index (χ4n) is 0.912. The van der Waals surface area contributed by atoms with Crippen LogP contribution in [0.5, 0.6) is 0 Å². The van der Waals surface area contributed by atoms with E-state index >= 15 is 0 Å². The van der Waals surface area contributed by atoms with Crippen molar-refractivity contribution in [1.82, 2.24) is 0 Å². The summed E-state index contributed by atoms with van der Waals surface area (Å²) in [5.74, 6) is -0.726. The Morgan fingerprint density at radius 1 is 1.33 bits per heavy atom. The summed E-state index contributed by atoms with van der Waals surface area (Å²) in [6.45, 7) is 0. The Hall–Kier alpha value is -1.71. The second kappa shape index (κ2) is 3.61. The normalized spacial score (nSPS) is 12.0. The van der Waals surface area contributed by atoms with Gasteiger partial charge < -0.3 is 5.73 Å². The Morgan fingerprint density at radius 3 is 2.33 bits per heavy atom. The molecule has 1 amide bonds. The number of hydrogen-bond acceptors (Lipinski definition) is 3. The van der Waals surface area contributed by atoms with Crippen molar-refractivity contribution in [1.29, 1.82) is 0 Å². The van der Waals surface area contributed by atoms with Crippen molar-refractivity contribution < 1.29 is 4.79 Å². The maximum Gasteiger partial charge on any atom is 0.250 e. The molecule has 0 saturated heterocycles. The Morgan fingerprint density at radius 2 is 1.92 bits per heavy atom. The fourth-order valence-corrected chi connectivity index (χ4v) is 0.912. The molecule has 0 heterocycles. The zero-order valence-electron chi connectivity index (χ0n) is 6.31. The first kappa shape index (κ1) is 8.39. The zero-order valence-corrected chi connectivity index (χ0v) is 6.31. The van der Waals surface area contributed by atoms with Crippen LogP contribution in [0.15, 0.2) is 35.5 Å². The maximum absolute atomic E-state index is 10.7. The van der Waals surface area contributed by atoms with Gasteiger partial charge in [0.15, 0.2) is 6.04 Å². The summed E-state index contributed by atoms with van der Waals surface area (Å²) in [5.41, 5.74) is 5.47. The molecule has 0 radical (unpaired) electrons. The third-order valence-electron chi connectivity index (χ3n) is 1.49. The molecular formula is C8H8N2O2. The third-order valence-corrected chi connectivity index (χ3v) is 1.49. The van der Waals surface area contributed by atoms with Crippen LogP contribution in [0.1, 0.15) is 11.6 Å². The van der Waals surface area contributed by atoms with E-state index in [1.807, 2.05) is 0 Å². The van der Waals surface area contributed by atoms with E-state index in [9.17, 15) is 9.70 Å². The lowest BCUT2D eigenvalue weighted by molar-refractivity contribution is -0.119. The first-order valence-electron chi connectivity index (χ1n) is 3.42. The summed E-state index contributed by atoms with van der Waals surface area (Å²) in [6, 6.07) is 7.43. The summed E-state index contributed by atoms with van der Waals surface area (Å²) in [7, 11) is 0. The predicted octanol–water partition coefficient (Wildman–Crippen LogP) is 0.979. The molecule has 1 unspecified atom stereocenters. The van der Waals surface area contributed by atoms with Gasteiger partial charge in [-0.3, -0.25) is 4.79 Å². The molecule has 0 fully saturated rings. The van der Waals surface area contributed by atoms with Gasteiger partial charge in [0, 0.05) is 0 Å². The van der Waals surface area contributed by atoms with E-state index in [1.54, 1.807) is 30.3 Å². The number of benzene rings is 1. The van der Waals surface area contributed by atoms with Gasteiger partial charge in [0.25, 0.3) is 5.91 Å². The van der Waals surface area contributed by atoms with Crippen LogP contribution in [0, 0.1) is 4.91 Å². The molecule has 62 valence electrons. The van der Waals surface area contributed by atoms with Crippen molar-refractivity contribution in [2.75, 3.05) is 0 Å². The van der Waals surface area contributed by atoms with Crippen LogP contribution < -0.4 is 5.73 Å². The lowest BCUT2D eigenvalue weighted by Crippen LogP contribution is -2.19. The van der Waals surface area contributed by atoms with Gasteiger partial charge in [0.05, 0.1) is 0 Å². The lowest BCUT2D eigenvalue weighted by atomic mass is 10.1. The number of nitrogens with zero attached hydrogens (tertiary/aromatic N) is 1. The van der Waals surface area contributed by atoms with Crippen LogP contribution in [-0.2, 0) is 4.79 Å². The van der Waals surface area contributed by atoms with Gasteiger partial charge in [0.1, 0.15) is 0 Å². The van der Waals surface area contributed by atoms with Crippen molar-refractivity contribution in [2.45, 2.75) is 6.04 Å². The van der Waals surface area contributed by atoms with E-state index in [0.29, 0.717) is 5.56 Å². The second-order valence-electron chi connectivity index (χ2n) is 2.32. The molecule has 1 atom stereocenters. The number of rotatable bonds is 3. The minimum Gasteiger partial charge on any atom is -0.367 e. The number of carbonyl (C=O) groups is 1. The summed E-state index contributed by atoms with van der Waals surface area (Å²) in [6.07, 6.45) is 0. The molecule has 0 aliphatic heterocycles. The highest BCUT2D eigenvalue weighted by Gasteiger charge is 2.16. The molecule has 0 aliphatic carbocycles. The number of hydrogen-bond donors (Lipinski definition) is 1. The molecule has 1 aromatic carbocycles. The molecule has 1 rings (SSSR count).